The monoisotopic (exact) mass is 371 g/mol. The minimum Gasteiger partial charge on any atom is -0.356 e. The van der Waals surface area contributed by atoms with E-state index < -0.39 is 0 Å². The number of piperidine rings is 1. The second-order valence-corrected chi connectivity index (χ2v) is 7.89. The fourth-order valence-corrected chi connectivity index (χ4v) is 4.27. The number of hydrogen-bond acceptors (Lipinski definition) is 3. The molecule has 3 rings (SSSR count). The SMILES string of the molecule is CCN1CCC(CCNC(=NC)N2CCN(Cc3ccccc3)CC2)CC1. The lowest BCUT2D eigenvalue weighted by atomic mass is 9.93. The van der Waals surface area contributed by atoms with E-state index >= 15 is 0 Å². The second-order valence-electron chi connectivity index (χ2n) is 7.89. The van der Waals surface area contributed by atoms with Crippen molar-refractivity contribution < 1.29 is 0 Å². The van der Waals surface area contributed by atoms with E-state index in [9.17, 15) is 0 Å². The summed E-state index contributed by atoms with van der Waals surface area (Å²) in [5.41, 5.74) is 1.41. The summed E-state index contributed by atoms with van der Waals surface area (Å²) in [6.45, 7) is 12.4. The molecule has 0 aromatic heterocycles. The van der Waals surface area contributed by atoms with Gasteiger partial charge in [0.05, 0.1) is 0 Å². The lowest BCUT2D eigenvalue weighted by Gasteiger charge is -2.37. The van der Waals surface area contributed by atoms with Gasteiger partial charge < -0.3 is 15.1 Å². The molecule has 0 spiro atoms. The zero-order valence-corrected chi connectivity index (χ0v) is 17.2. The molecule has 0 radical (unpaired) electrons. The van der Waals surface area contributed by atoms with Crippen molar-refractivity contribution >= 4 is 5.96 Å². The van der Waals surface area contributed by atoms with E-state index in [0.29, 0.717) is 0 Å². The average molecular weight is 372 g/mol. The summed E-state index contributed by atoms with van der Waals surface area (Å²) in [7, 11) is 1.92. The van der Waals surface area contributed by atoms with Gasteiger partial charge in [0.1, 0.15) is 0 Å². The highest BCUT2D eigenvalue weighted by Crippen LogP contribution is 2.19. The van der Waals surface area contributed by atoms with Crippen LogP contribution >= 0.6 is 0 Å². The smallest absolute Gasteiger partial charge is 0.193 e. The first-order valence-corrected chi connectivity index (χ1v) is 10.7. The van der Waals surface area contributed by atoms with Crippen molar-refractivity contribution in [1.29, 1.82) is 0 Å². The Balaban J connectivity index is 1.35. The third kappa shape index (κ3) is 6.22. The van der Waals surface area contributed by atoms with Gasteiger partial charge in [0, 0.05) is 46.3 Å². The highest BCUT2D eigenvalue weighted by atomic mass is 15.3. The van der Waals surface area contributed by atoms with Gasteiger partial charge in [0.2, 0.25) is 0 Å². The van der Waals surface area contributed by atoms with E-state index in [-0.39, 0.29) is 0 Å². The Kier molecular flexibility index (Phi) is 7.96. The summed E-state index contributed by atoms with van der Waals surface area (Å²) >= 11 is 0. The highest BCUT2D eigenvalue weighted by molar-refractivity contribution is 5.79. The standard InChI is InChI=1S/C22H37N5/c1-3-25-13-10-20(11-14-25)9-12-24-22(23-2)27-17-15-26(16-18-27)19-21-7-5-4-6-8-21/h4-8,20H,3,9-19H2,1-2H3,(H,23,24). The van der Waals surface area contributed by atoms with E-state index in [1.807, 2.05) is 7.05 Å². The van der Waals surface area contributed by atoms with Gasteiger partial charge in [-0.3, -0.25) is 9.89 Å². The summed E-state index contributed by atoms with van der Waals surface area (Å²) in [6.07, 6.45) is 3.98. The Bertz CT molecular complexity index is 557. The topological polar surface area (TPSA) is 34.1 Å². The van der Waals surface area contributed by atoms with Crippen LogP contribution < -0.4 is 5.32 Å². The molecular weight excluding hydrogens is 334 g/mol. The van der Waals surface area contributed by atoms with E-state index in [2.05, 4.69) is 62.3 Å². The van der Waals surface area contributed by atoms with Crippen LogP contribution in [0.15, 0.2) is 35.3 Å². The molecule has 2 saturated heterocycles. The molecule has 5 nitrogen and oxygen atoms in total. The lowest BCUT2D eigenvalue weighted by molar-refractivity contribution is 0.171. The third-order valence-corrected chi connectivity index (χ3v) is 6.12. The first-order chi connectivity index (χ1) is 13.3. The van der Waals surface area contributed by atoms with Gasteiger partial charge in [0.25, 0.3) is 0 Å². The number of nitrogens with one attached hydrogen (secondary N) is 1. The van der Waals surface area contributed by atoms with E-state index in [0.717, 1.165) is 51.1 Å². The maximum absolute atomic E-state index is 4.53. The molecule has 0 bridgehead atoms. The summed E-state index contributed by atoms with van der Waals surface area (Å²) < 4.78 is 0. The predicted octanol–water partition coefficient (Wildman–Crippen LogP) is 2.50. The van der Waals surface area contributed by atoms with E-state index in [1.54, 1.807) is 0 Å². The first kappa shape index (κ1) is 20.2. The minimum atomic E-state index is 0.876. The third-order valence-electron chi connectivity index (χ3n) is 6.12. The quantitative estimate of drug-likeness (QED) is 0.615. The second kappa shape index (κ2) is 10.7. The fourth-order valence-electron chi connectivity index (χ4n) is 4.27. The maximum Gasteiger partial charge on any atom is 0.193 e. The van der Waals surface area contributed by atoms with Gasteiger partial charge in [-0.1, -0.05) is 37.3 Å². The van der Waals surface area contributed by atoms with E-state index in [1.165, 1.54) is 44.5 Å². The maximum atomic E-state index is 4.53. The Morgan fingerprint density at radius 1 is 1.00 bits per heavy atom. The molecule has 2 fully saturated rings. The van der Waals surface area contributed by atoms with Crippen molar-refractivity contribution in [2.45, 2.75) is 32.7 Å². The molecule has 2 heterocycles. The first-order valence-electron chi connectivity index (χ1n) is 10.7. The number of guanidine groups is 1. The zero-order valence-electron chi connectivity index (χ0n) is 17.2. The summed E-state index contributed by atoms with van der Waals surface area (Å²) in [6, 6.07) is 10.8. The van der Waals surface area contributed by atoms with E-state index in [4.69, 9.17) is 0 Å². The zero-order chi connectivity index (χ0) is 18.9. The molecule has 0 amide bonds. The molecular formula is C22H37N5. The Morgan fingerprint density at radius 3 is 2.33 bits per heavy atom. The summed E-state index contributed by atoms with van der Waals surface area (Å²) in [5.74, 6) is 1.96. The number of aliphatic imine (C=N–C) groups is 1. The van der Waals surface area contributed by atoms with Crippen molar-refractivity contribution in [2.75, 3.05) is 59.4 Å². The molecule has 0 saturated carbocycles. The molecule has 5 heteroatoms. The van der Waals surface area contributed by atoms with Gasteiger partial charge in [-0.25, -0.2) is 0 Å². The number of benzene rings is 1. The average Bonchev–Trinajstić information content (AvgIpc) is 2.73. The van der Waals surface area contributed by atoms with Gasteiger partial charge in [-0.15, -0.1) is 0 Å². The van der Waals surface area contributed by atoms with Crippen LogP contribution in [0.4, 0.5) is 0 Å². The molecule has 2 aliphatic heterocycles. The van der Waals surface area contributed by atoms with Crippen molar-refractivity contribution in [1.82, 2.24) is 20.0 Å². The van der Waals surface area contributed by atoms with Crippen LogP contribution in [-0.4, -0.2) is 80.1 Å². The number of hydrogen-bond donors (Lipinski definition) is 1. The normalized spacial score (nSPS) is 20.8. The van der Waals surface area contributed by atoms with Gasteiger partial charge >= 0.3 is 0 Å². The molecule has 0 unspecified atom stereocenters. The molecule has 150 valence electrons. The number of nitrogens with zero attached hydrogens (tertiary/aromatic N) is 4. The van der Waals surface area contributed by atoms with Gasteiger partial charge in [-0.05, 0) is 50.4 Å². The molecule has 2 aliphatic rings. The lowest BCUT2D eigenvalue weighted by Crippen LogP contribution is -2.52. The van der Waals surface area contributed by atoms with Gasteiger partial charge in [-0.2, -0.15) is 0 Å². The largest absolute Gasteiger partial charge is 0.356 e. The Labute approximate surface area is 165 Å². The number of rotatable bonds is 6. The molecule has 27 heavy (non-hydrogen) atoms. The fraction of sp³-hybridized carbons (Fsp3) is 0.682. The van der Waals surface area contributed by atoms with Crippen molar-refractivity contribution in [3.63, 3.8) is 0 Å². The van der Waals surface area contributed by atoms with Gasteiger partial charge in [0.15, 0.2) is 5.96 Å². The molecule has 0 aliphatic carbocycles. The molecule has 0 atom stereocenters. The molecule has 1 N–H and O–H groups in total. The Morgan fingerprint density at radius 2 is 1.70 bits per heavy atom. The summed E-state index contributed by atoms with van der Waals surface area (Å²) in [5, 5.41) is 3.62. The summed E-state index contributed by atoms with van der Waals surface area (Å²) in [4.78, 5) is 12.1. The number of likely N-dealkylation sites (tertiary alicyclic amines) is 1. The van der Waals surface area contributed by atoms with Crippen molar-refractivity contribution in [2.24, 2.45) is 10.9 Å². The van der Waals surface area contributed by atoms with Crippen LogP contribution in [0.2, 0.25) is 0 Å². The molecule has 1 aromatic rings. The van der Waals surface area contributed by atoms with Crippen LogP contribution in [0.5, 0.6) is 0 Å². The Hall–Kier alpha value is -1.59. The van der Waals surface area contributed by atoms with Crippen LogP contribution in [-0.2, 0) is 6.54 Å². The minimum absolute atomic E-state index is 0.876. The van der Waals surface area contributed by atoms with Crippen LogP contribution in [0.25, 0.3) is 0 Å². The molecule has 1 aromatic carbocycles. The van der Waals surface area contributed by atoms with Crippen LogP contribution in [0.1, 0.15) is 31.7 Å². The predicted molar refractivity (Wildman–Crippen MR) is 114 cm³/mol. The van der Waals surface area contributed by atoms with Crippen molar-refractivity contribution in [3.8, 4) is 0 Å². The number of piperazine rings is 1. The highest BCUT2D eigenvalue weighted by Gasteiger charge is 2.21. The van der Waals surface area contributed by atoms with Crippen LogP contribution in [0, 0.1) is 5.92 Å². The van der Waals surface area contributed by atoms with Crippen molar-refractivity contribution in [3.05, 3.63) is 35.9 Å². The van der Waals surface area contributed by atoms with Crippen LogP contribution in [0.3, 0.4) is 0 Å².